The Kier molecular flexibility index (Phi) is 10.6. The van der Waals surface area contributed by atoms with E-state index in [1.54, 1.807) is 17.0 Å². The van der Waals surface area contributed by atoms with Gasteiger partial charge in [-0.1, -0.05) is 30.2 Å². The first kappa shape index (κ1) is 27.1. The number of amides is 3. The van der Waals surface area contributed by atoms with Gasteiger partial charge in [0.2, 0.25) is 5.91 Å². The summed E-state index contributed by atoms with van der Waals surface area (Å²) in [6.45, 7) is 2.40. The highest BCUT2D eigenvalue weighted by molar-refractivity contribution is 8.76. The van der Waals surface area contributed by atoms with Crippen molar-refractivity contribution in [1.82, 2.24) is 15.4 Å². The van der Waals surface area contributed by atoms with Crippen LogP contribution in [-0.2, 0) is 34.1 Å². The summed E-state index contributed by atoms with van der Waals surface area (Å²) in [6.07, 6.45) is 2.80. The molecule has 2 rings (SSSR count). The van der Waals surface area contributed by atoms with Gasteiger partial charge in [0.15, 0.2) is 5.25 Å². The van der Waals surface area contributed by atoms with Crippen molar-refractivity contribution in [2.24, 2.45) is 0 Å². The fraction of sp³-hybridized carbons (Fsp3) is 0.526. The quantitative estimate of drug-likeness (QED) is 0.169. The third-order valence-electron chi connectivity index (χ3n) is 4.40. The lowest BCUT2D eigenvalue weighted by Gasteiger charge is -2.13. The molecule has 182 valence electrons. The van der Waals surface area contributed by atoms with Gasteiger partial charge in [0, 0.05) is 30.8 Å². The summed E-state index contributed by atoms with van der Waals surface area (Å²) >= 11 is 0. The number of aromatic nitrogens is 1. The standard InChI is InChI=1S/C19H25N3O8S3/c1-13(31-32-16-7-4-6-10-21-16)11-15(23)20-9-5-2-3-8-18(25)30-22-17(24)12-14(19(22)26)33(27,28)29/h4,6-7,10,13-14H,2-3,5,8-9,11-12H2,1H3,(H,20,23)(H,27,28,29). The van der Waals surface area contributed by atoms with Crippen LogP contribution >= 0.6 is 21.6 Å². The molecule has 0 spiro atoms. The lowest BCUT2D eigenvalue weighted by Crippen LogP contribution is -2.36. The molecule has 0 saturated carbocycles. The second-order valence-corrected chi connectivity index (χ2v) is 11.5. The molecule has 1 aromatic heterocycles. The zero-order valence-electron chi connectivity index (χ0n) is 17.8. The Bertz CT molecular complexity index is 958. The van der Waals surface area contributed by atoms with E-state index in [4.69, 9.17) is 4.55 Å². The van der Waals surface area contributed by atoms with E-state index in [0.29, 0.717) is 32.2 Å². The maximum Gasteiger partial charge on any atom is 0.333 e. The topological polar surface area (TPSA) is 160 Å². The number of unbranched alkanes of at least 4 members (excludes halogenated alkanes) is 2. The molecule has 33 heavy (non-hydrogen) atoms. The van der Waals surface area contributed by atoms with Gasteiger partial charge in [0.25, 0.3) is 21.9 Å². The van der Waals surface area contributed by atoms with Crippen LogP contribution in [0.25, 0.3) is 0 Å². The van der Waals surface area contributed by atoms with Gasteiger partial charge in [0.05, 0.1) is 6.42 Å². The maximum absolute atomic E-state index is 12.0. The van der Waals surface area contributed by atoms with Crippen molar-refractivity contribution in [2.45, 2.75) is 61.0 Å². The number of carbonyl (C=O) groups is 4. The summed E-state index contributed by atoms with van der Waals surface area (Å²) in [5, 5.41) is 1.94. The van der Waals surface area contributed by atoms with Gasteiger partial charge >= 0.3 is 5.97 Å². The zero-order chi connectivity index (χ0) is 24.4. The third kappa shape index (κ3) is 9.31. The molecular formula is C19H25N3O8S3. The Morgan fingerprint density at radius 2 is 2.06 bits per heavy atom. The van der Waals surface area contributed by atoms with Crippen LogP contribution < -0.4 is 5.32 Å². The fourth-order valence-corrected chi connectivity index (χ4v) is 5.47. The summed E-state index contributed by atoms with van der Waals surface area (Å²) in [7, 11) is -1.67. The normalized spacial score (nSPS) is 17.2. The second-order valence-electron chi connectivity index (χ2n) is 7.22. The SMILES string of the molecule is CC(CC(=O)NCCCCCC(=O)ON1C(=O)CC(S(=O)(=O)O)C1=O)SSc1ccccn1. The number of rotatable bonds is 13. The molecule has 1 aliphatic rings. The molecule has 2 unspecified atom stereocenters. The van der Waals surface area contributed by atoms with Gasteiger partial charge < -0.3 is 10.2 Å². The summed E-state index contributed by atoms with van der Waals surface area (Å²) in [6, 6.07) is 5.64. The van der Waals surface area contributed by atoms with Crippen molar-refractivity contribution in [2.75, 3.05) is 6.54 Å². The van der Waals surface area contributed by atoms with Crippen molar-refractivity contribution in [1.29, 1.82) is 0 Å². The number of nitrogens with zero attached hydrogens (tertiary/aromatic N) is 2. The number of nitrogens with one attached hydrogen (secondary N) is 1. The van der Waals surface area contributed by atoms with Crippen LogP contribution in [0.5, 0.6) is 0 Å². The van der Waals surface area contributed by atoms with Crippen molar-refractivity contribution < 1.29 is 37.0 Å². The van der Waals surface area contributed by atoms with Gasteiger partial charge in [0.1, 0.15) is 5.03 Å². The van der Waals surface area contributed by atoms with Gasteiger partial charge in [-0.15, -0.1) is 5.06 Å². The van der Waals surface area contributed by atoms with Crippen LogP contribution in [0, 0.1) is 0 Å². The van der Waals surface area contributed by atoms with E-state index in [9.17, 15) is 27.6 Å². The van der Waals surface area contributed by atoms with Gasteiger partial charge in [-0.3, -0.25) is 18.9 Å². The first-order chi connectivity index (χ1) is 15.6. The average Bonchev–Trinajstić information content (AvgIpc) is 3.04. The Morgan fingerprint density at radius 3 is 2.70 bits per heavy atom. The van der Waals surface area contributed by atoms with Crippen LogP contribution in [0.4, 0.5) is 0 Å². The average molecular weight is 520 g/mol. The molecule has 3 amide bonds. The molecule has 11 nitrogen and oxygen atoms in total. The molecular weight excluding hydrogens is 494 g/mol. The molecule has 1 fully saturated rings. The van der Waals surface area contributed by atoms with E-state index in [-0.39, 0.29) is 22.6 Å². The molecule has 2 atom stereocenters. The van der Waals surface area contributed by atoms with E-state index in [0.717, 1.165) is 5.03 Å². The monoisotopic (exact) mass is 519 g/mol. The van der Waals surface area contributed by atoms with Crippen LogP contribution in [0.2, 0.25) is 0 Å². The third-order valence-corrected chi connectivity index (χ3v) is 8.28. The summed E-state index contributed by atoms with van der Waals surface area (Å²) in [5.41, 5.74) is 0. The van der Waals surface area contributed by atoms with E-state index in [1.165, 1.54) is 10.8 Å². The molecule has 1 aromatic rings. The molecule has 14 heteroatoms. The highest BCUT2D eigenvalue weighted by Gasteiger charge is 2.48. The predicted molar refractivity (Wildman–Crippen MR) is 121 cm³/mol. The molecule has 0 aromatic carbocycles. The molecule has 0 bridgehead atoms. The summed E-state index contributed by atoms with van der Waals surface area (Å²) in [4.78, 5) is 56.1. The van der Waals surface area contributed by atoms with Crippen LogP contribution in [0.15, 0.2) is 29.4 Å². The molecule has 2 heterocycles. The maximum atomic E-state index is 12.0. The largest absolute Gasteiger partial charge is 0.356 e. The Balaban J connectivity index is 1.55. The summed E-state index contributed by atoms with van der Waals surface area (Å²) < 4.78 is 31.1. The van der Waals surface area contributed by atoms with E-state index >= 15 is 0 Å². The highest BCUT2D eigenvalue weighted by Crippen LogP contribution is 2.34. The van der Waals surface area contributed by atoms with E-state index < -0.39 is 39.6 Å². The van der Waals surface area contributed by atoms with Gasteiger partial charge in [-0.25, -0.2) is 9.78 Å². The molecule has 0 radical (unpaired) electrons. The van der Waals surface area contributed by atoms with Crippen LogP contribution in [-0.4, -0.2) is 63.8 Å². The van der Waals surface area contributed by atoms with Crippen molar-refractivity contribution in [3.05, 3.63) is 24.4 Å². The number of hydrogen-bond acceptors (Lipinski definition) is 10. The number of hydroxylamine groups is 2. The van der Waals surface area contributed by atoms with Crippen molar-refractivity contribution in [3.63, 3.8) is 0 Å². The minimum absolute atomic E-state index is 0.0736. The highest BCUT2D eigenvalue weighted by atomic mass is 33.1. The first-order valence-electron chi connectivity index (χ1n) is 10.1. The Labute approximate surface area is 199 Å². The second kappa shape index (κ2) is 12.9. The van der Waals surface area contributed by atoms with Crippen molar-refractivity contribution >= 4 is 55.4 Å². The number of imide groups is 1. The Hall–Kier alpha value is -2.16. The first-order valence-corrected chi connectivity index (χ1v) is 13.8. The smallest absolute Gasteiger partial charge is 0.333 e. The van der Waals surface area contributed by atoms with Crippen molar-refractivity contribution in [3.8, 4) is 0 Å². The summed E-state index contributed by atoms with van der Waals surface area (Å²) in [5.74, 6) is -3.24. The zero-order valence-corrected chi connectivity index (χ0v) is 20.3. The number of carbonyl (C=O) groups excluding carboxylic acids is 4. The molecule has 1 aliphatic heterocycles. The lowest BCUT2D eigenvalue weighted by molar-refractivity contribution is -0.197. The Morgan fingerprint density at radius 1 is 1.30 bits per heavy atom. The predicted octanol–water partition coefficient (Wildman–Crippen LogP) is 1.75. The molecule has 2 N–H and O–H groups in total. The fourth-order valence-electron chi connectivity index (χ4n) is 2.75. The minimum Gasteiger partial charge on any atom is -0.356 e. The lowest BCUT2D eigenvalue weighted by atomic mass is 10.2. The number of hydrogen-bond donors (Lipinski definition) is 2. The van der Waals surface area contributed by atoms with E-state index in [1.807, 2.05) is 25.1 Å². The van der Waals surface area contributed by atoms with Gasteiger partial charge in [-0.05, 0) is 35.8 Å². The number of pyridine rings is 1. The van der Waals surface area contributed by atoms with Crippen LogP contribution in [0.1, 0.15) is 45.4 Å². The van der Waals surface area contributed by atoms with E-state index in [2.05, 4.69) is 15.1 Å². The van der Waals surface area contributed by atoms with Crippen LogP contribution in [0.3, 0.4) is 0 Å². The molecule has 1 saturated heterocycles. The van der Waals surface area contributed by atoms with Gasteiger partial charge in [-0.2, -0.15) is 8.42 Å². The molecule has 0 aliphatic carbocycles. The minimum atomic E-state index is -4.75.